The van der Waals surface area contributed by atoms with Crippen molar-refractivity contribution in [3.8, 4) is 17.2 Å². The summed E-state index contributed by atoms with van der Waals surface area (Å²) in [6, 6.07) is 8.79. The fourth-order valence-electron chi connectivity index (χ4n) is 2.12. The number of rotatable bonds is 6. The average Bonchev–Trinajstić information content (AvgIpc) is 2.59. The van der Waals surface area contributed by atoms with E-state index in [4.69, 9.17) is 14.2 Å². The van der Waals surface area contributed by atoms with Crippen LogP contribution in [0.15, 0.2) is 36.4 Å². The molecule has 0 aliphatic carbocycles. The van der Waals surface area contributed by atoms with Crippen LogP contribution in [0.2, 0.25) is 0 Å². The summed E-state index contributed by atoms with van der Waals surface area (Å²) < 4.78 is 15.2. The summed E-state index contributed by atoms with van der Waals surface area (Å²) in [5.74, 6) is 0.565. The Balaban J connectivity index is 2.49. The summed E-state index contributed by atoms with van der Waals surface area (Å²) in [6.45, 7) is 0. The lowest BCUT2D eigenvalue weighted by atomic mass is 10.0. The maximum absolute atomic E-state index is 12.6. The highest BCUT2D eigenvalue weighted by atomic mass is 16.6. The quantitative estimate of drug-likeness (QED) is 0.462. The van der Waals surface area contributed by atoms with E-state index in [2.05, 4.69) is 0 Å². The van der Waals surface area contributed by atoms with E-state index in [1.807, 2.05) is 0 Å². The molecule has 0 heterocycles. The van der Waals surface area contributed by atoms with E-state index in [9.17, 15) is 14.9 Å². The molecule has 0 radical (unpaired) electrons. The first kappa shape index (κ1) is 16.3. The molecule has 0 bridgehead atoms. The van der Waals surface area contributed by atoms with Crippen molar-refractivity contribution >= 4 is 11.5 Å². The molecule has 7 heteroatoms. The van der Waals surface area contributed by atoms with Crippen LogP contribution in [0.1, 0.15) is 15.9 Å². The molecule has 0 spiro atoms. The summed E-state index contributed by atoms with van der Waals surface area (Å²) >= 11 is 0. The van der Waals surface area contributed by atoms with Crippen LogP contribution >= 0.6 is 0 Å². The van der Waals surface area contributed by atoms with Crippen LogP contribution in [0.25, 0.3) is 0 Å². The topological polar surface area (TPSA) is 87.9 Å². The zero-order chi connectivity index (χ0) is 17.0. The molecule has 0 aromatic heterocycles. The standard InChI is InChI=1S/C16H15NO6/c1-21-11-5-6-12(15(9-11)23-3)16(18)10-4-7-14(22-2)13(8-10)17(19)20/h4-9H,1-3H3. The number of nitrogens with zero attached hydrogens (tertiary/aromatic N) is 1. The van der Waals surface area contributed by atoms with Crippen LogP contribution in [0.4, 0.5) is 5.69 Å². The lowest BCUT2D eigenvalue weighted by Gasteiger charge is -2.10. The number of methoxy groups -OCH3 is 3. The second-order valence-electron chi connectivity index (χ2n) is 4.54. The molecule has 0 aliphatic heterocycles. The van der Waals surface area contributed by atoms with Crippen LogP contribution in [-0.4, -0.2) is 32.0 Å². The minimum Gasteiger partial charge on any atom is -0.497 e. The minimum absolute atomic E-state index is 0.0910. The Labute approximate surface area is 132 Å². The molecule has 0 amide bonds. The highest BCUT2D eigenvalue weighted by molar-refractivity contribution is 6.11. The van der Waals surface area contributed by atoms with Gasteiger partial charge in [0.2, 0.25) is 0 Å². The first-order chi connectivity index (χ1) is 11.0. The number of benzene rings is 2. The number of hydrogen-bond donors (Lipinski definition) is 0. The van der Waals surface area contributed by atoms with Crippen molar-refractivity contribution in [2.45, 2.75) is 0 Å². The third-order valence-corrected chi connectivity index (χ3v) is 3.29. The van der Waals surface area contributed by atoms with Gasteiger partial charge in [0.15, 0.2) is 11.5 Å². The summed E-state index contributed by atoms with van der Waals surface area (Å²) in [7, 11) is 4.27. The smallest absolute Gasteiger partial charge is 0.311 e. The van der Waals surface area contributed by atoms with E-state index in [0.717, 1.165) is 0 Å². The Hall–Kier alpha value is -3.09. The fraction of sp³-hybridized carbons (Fsp3) is 0.188. The predicted molar refractivity (Wildman–Crippen MR) is 82.6 cm³/mol. The molecule has 2 aromatic rings. The second kappa shape index (κ2) is 6.78. The van der Waals surface area contributed by atoms with Crippen molar-refractivity contribution in [2.24, 2.45) is 0 Å². The summed E-state index contributed by atoms with van der Waals surface area (Å²) in [5, 5.41) is 11.1. The monoisotopic (exact) mass is 317 g/mol. The summed E-state index contributed by atoms with van der Waals surface area (Å²) in [6.07, 6.45) is 0. The summed E-state index contributed by atoms with van der Waals surface area (Å²) in [5.41, 5.74) is 0.180. The van der Waals surface area contributed by atoms with Gasteiger partial charge in [-0.15, -0.1) is 0 Å². The number of nitro groups is 1. The van der Waals surface area contributed by atoms with Gasteiger partial charge in [-0.3, -0.25) is 14.9 Å². The van der Waals surface area contributed by atoms with Crippen LogP contribution in [0.3, 0.4) is 0 Å². The van der Waals surface area contributed by atoms with E-state index in [1.165, 1.54) is 39.5 Å². The lowest BCUT2D eigenvalue weighted by Crippen LogP contribution is -2.05. The molecule has 7 nitrogen and oxygen atoms in total. The molecule has 2 rings (SSSR count). The zero-order valence-corrected chi connectivity index (χ0v) is 12.9. The first-order valence-electron chi connectivity index (χ1n) is 6.61. The molecular weight excluding hydrogens is 302 g/mol. The molecule has 0 atom stereocenters. The molecule has 0 saturated heterocycles. The van der Waals surface area contributed by atoms with Crippen molar-refractivity contribution in [1.82, 2.24) is 0 Å². The predicted octanol–water partition coefficient (Wildman–Crippen LogP) is 2.85. The zero-order valence-electron chi connectivity index (χ0n) is 12.9. The van der Waals surface area contributed by atoms with E-state index in [0.29, 0.717) is 11.5 Å². The first-order valence-corrected chi connectivity index (χ1v) is 6.61. The highest BCUT2D eigenvalue weighted by Gasteiger charge is 2.21. The highest BCUT2D eigenvalue weighted by Crippen LogP contribution is 2.31. The van der Waals surface area contributed by atoms with Crippen molar-refractivity contribution in [2.75, 3.05) is 21.3 Å². The molecule has 23 heavy (non-hydrogen) atoms. The van der Waals surface area contributed by atoms with Gasteiger partial charge in [-0.05, 0) is 24.3 Å². The number of carbonyl (C=O) groups excluding carboxylic acids is 1. The normalized spacial score (nSPS) is 10.0. The maximum atomic E-state index is 12.6. The molecule has 0 fully saturated rings. The third-order valence-electron chi connectivity index (χ3n) is 3.29. The fourth-order valence-corrected chi connectivity index (χ4v) is 2.12. The van der Waals surface area contributed by atoms with E-state index < -0.39 is 10.7 Å². The van der Waals surface area contributed by atoms with Crippen LogP contribution in [-0.2, 0) is 0 Å². The Morgan fingerprint density at radius 1 is 0.957 bits per heavy atom. The Bertz CT molecular complexity index is 756. The van der Waals surface area contributed by atoms with Gasteiger partial charge in [0.1, 0.15) is 11.5 Å². The second-order valence-corrected chi connectivity index (χ2v) is 4.54. The van der Waals surface area contributed by atoms with E-state index in [-0.39, 0.29) is 22.6 Å². The van der Waals surface area contributed by atoms with Crippen LogP contribution < -0.4 is 14.2 Å². The lowest BCUT2D eigenvalue weighted by molar-refractivity contribution is -0.385. The molecule has 0 saturated carbocycles. The third kappa shape index (κ3) is 3.23. The number of ketones is 1. The molecule has 2 aromatic carbocycles. The largest absolute Gasteiger partial charge is 0.497 e. The average molecular weight is 317 g/mol. The molecule has 0 unspecified atom stereocenters. The van der Waals surface area contributed by atoms with Gasteiger partial charge in [-0.1, -0.05) is 0 Å². The van der Waals surface area contributed by atoms with E-state index >= 15 is 0 Å². The van der Waals surface area contributed by atoms with Crippen molar-refractivity contribution in [3.05, 3.63) is 57.6 Å². The van der Waals surface area contributed by atoms with Crippen molar-refractivity contribution < 1.29 is 23.9 Å². The van der Waals surface area contributed by atoms with Gasteiger partial charge in [-0.25, -0.2) is 0 Å². The number of hydrogen-bond acceptors (Lipinski definition) is 6. The Morgan fingerprint density at radius 3 is 2.22 bits per heavy atom. The Kier molecular flexibility index (Phi) is 4.80. The van der Waals surface area contributed by atoms with Crippen molar-refractivity contribution in [3.63, 3.8) is 0 Å². The maximum Gasteiger partial charge on any atom is 0.311 e. The van der Waals surface area contributed by atoms with Gasteiger partial charge >= 0.3 is 5.69 Å². The van der Waals surface area contributed by atoms with Crippen molar-refractivity contribution in [1.29, 1.82) is 0 Å². The number of ether oxygens (including phenoxy) is 3. The molecule has 120 valence electrons. The summed E-state index contributed by atoms with van der Waals surface area (Å²) in [4.78, 5) is 23.1. The Morgan fingerprint density at radius 2 is 1.65 bits per heavy atom. The molecular formula is C16H15NO6. The van der Waals surface area contributed by atoms with Gasteiger partial charge in [-0.2, -0.15) is 0 Å². The SMILES string of the molecule is COc1ccc(C(=O)c2ccc(OC)c([N+](=O)[O-])c2)c(OC)c1. The van der Waals surface area contributed by atoms with Gasteiger partial charge < -0.3 is 14.2 Å². The van der Waals surface area contributed by atoms with Crippen LogP contribution in [0, 0.1) is 10.1 Å². The van der Waals surface area contributed by atoms with Gasteiger partial charge in [0.05, 0.1) is 31.8 Å². The molecule has 0 aliphatic rings. The van der Waals surface area contributed by atoms with Crippen LogP contribution in [0.5, 0.6) is 17.2 Å². The number of nitro benzene ring substituents is 1. The van der Waals surface area contributed by atoms with E-state index in [1.54, 1.807) is 18.2 Å². The number of carbonyl (C=O) groups is 1. The molecule has 0 N–H and O–H groups in total. The van der Waals surface area contributed by atoms with Gasteiger partial charge in [0, 0.05) is 17.7 Å². The van der Waals surface area contributed by atoms with Gasteiger partial charge in [0.25, 0.3) is 0 Å². The minimum atomic E-state index is -0.596.